The Balaban J connectivity index is 0.000000207. The average Bonchev–Trinajstić information content (AvgIpc) is 3.18. The molecule has 1 aromatic heterocycles. The van der Waals surface area contributed by atoms with Gasteiger partial charge in [0.15, 0.2) is 0 Å². The third kappa shape index (κ3) is 4.75. The van der Waals surface area contributed by atoms with Crippen molar-refractivity contribution in [2.45, 2.75) is 24.9 Å². The van der Waals surface area contributed by atoms with Crippen LogP contribution in [0.25, 0.3) is 0 Å². The van der Waals surface area contributed by atoms with E-state index in [2.05, 4.69) is 20.2 Å². The molecule has 3 rings (SSSR count). The van der Waals surface area contributed by atoms with Crippen molar-refractivity contribution in [3.63, 3.8) is 0 Å². The molecule has 2 fully saturated rings. The first-order valence-electron chi connectivity index (χ1n) is 7.34. The number of carboxylic acid groups (broad SMARTS) is 2. The van der Waals surface area contributed by atoms with Gasteiger partial charge in [0.25, 0.3) is 0 Å². The molecular weight excluding hydrogens is 300 g/mol. The fourth-order valence-electron chi connectivity index (χ4n) is 2.95. The highest BCUT2D eigenvalue weighted by atomic mass is 16.4. The Kier molecular flexibility index (Phi) is 5.64. The van der Waals surface area contributed by atoms with E-state index in [1.165, 1.54) is 18.5 Å². The van der Waals surface area contributed by atoms with E-state index in [1.807, 2.05) is 19.4 Å². The van der Waals surface area contributed by atoms with E-state index in [1.54, 1.807) is 6.33 Å². The van der Waals surface area contributed by atoms with Crippen LogP contribution in [0.1, 0.15) is 12.8 Å². The van der Waals surface area contributed by atoms with Crippen molar-refractivity contribution in [2.75, 3.05) is 18.5 Å². The predicted octanol–water partition coefficient (Wildman–Crippen LogP) is 0.375. The number of carboxylic acids is 2. The summed E-state index contributed by atoms with van der Waals surface area (Å²) in [4.78, 5) is 29.8. The lowest BCUT2D eigenvalue weighted by Crippen LogP contribution is -2.39. The number of nitrogens with one attached hydrogen (secondary N) is 1. The summed E-state index contributed by atoms with van der Waals surface area (Å²) in [6, 6.07) is 1.39. The van der Waals surface area contributed by atoms with E-state index in [0.29, 0.717) is 18.2 Å². The molecule has 3 atom stereocenters. The molecule has 1 aliphatic carbocycles. The smallest absolute Gasteiger partial charge is 0.328 e. The summed E-state index contributed by atoms with van der Waals surface area (Å²) < 4.78 is 0. The zero-order chi connectivity index (χ0) is 16.8. The van der Waals surface area contributed by atoms with Gasteiger partial charge in [-0.25, -0.2) is 19.6 Å². The minimum atomic E-state index is -1.26. The van der Waals surface area contributed by atoms with Crippen LogP contribution >= 0.6 is 0 Å². The molecule has 1 saturated carbocycles. The Morgan fingerprint density at radius 3 is 2.39 bits per heavy atom. The number of hydrogen-bond donors (Lipinski definition) is 3. The lowest BCUT2D eigenvalue weighted by Gasteiger charge is -2.28. The van der Waals surface area contributed by atoms with Gasteiger partial charge in [-0.3, -0.25) is 0 Å². The lowest BCUT2D eigenvalue weighted by molar-refractivity contribution is -0.134. The van der Waals surface area contributed by atoms with Crippen LogP contribution < -0.4 is 10.2 Å². The monoisotopic (exact) mass is 320 g/mol. The Bertz CT molecular complexity index is 562. The van der Waals surface area contributed by atoms with Crippen LogP contribution in [0.4, 0.5) is 5.69 Å². The summed E-state index contributed by atoms with van der Waals surface area (Å²) >= 11 is 0. The third-order valence-corrected chi connectivity index (χ3v) is 3.86. The topological polar surface area (TPSA) is 116 Å². The van der Waals surface area contributed by atoms with Gasteiger partial charge in [-0.05, 0) is 25.8 Å². The number of hydrogen-bond acceptors (Lipinski definition) is 6. The molecule has 23 heavy (non-hydrogen) atoms. The van der Waals surface area contributed by atoms with Crippen molar-refractivity contribution in [3.05, 3.63) is 30.9 Å². The molecule has 1 saturated heterocycles. The summed E-state index contributed by atoms with van der Waals surface area (Å²) in [5.41, 5.74) is 1.18. The van der Waals surface area contributed by atoms with Crippen molar-refractivity contribution in [2.24, 2.45) is 5.92 Å². The van der Waals surface area contributed by atoms with Crippen molar-refractivity contribution < 1.29 is 19.8 Å². The van der Waals surface area contributed by atoms with Crippen LogP contribution in [0.3, 0.4) is 0 Å². The molecule has 0 aromatic carbocycles. The molecule has 1 aliphatic heterocycles. The molecule has 2 heterocycles. The van der Waals surface area contributed by atoms with Crippen LogP contribution in [-0.2, 0) is 9.59 Å². The summed E-state index contributed by atoms with van der Waals surface area (Å²) in [6.07, 6.45) is 9.24. The standard InChI is InChI=1S/C11H16N4.C4H4O4/c1-12-4-9-2-8-3-11(8)15(9)10-5-13-7-14-6-10;5-3(6)1-2-4(7)8/h5-9,11-12H,2-4H2,1H3;1-2H,(H,5,6)(H,7,8)/b;2-1+. The van der Waals surface area contributed by atoms with Gasteiger partial charge < -0.3 is 20.4 Å². The number of rotatable bonds is 5. The SMILES string of the molecule is CNCC1CC2CC2N1c1cncnc1.O=C(O)/C=C/C(=O)O. The molecule has 0 bridgehead atoms. The molecule has 3 unspecified atom stereocenters. The number of fused-ring (bicyclic) bond motifs is 1. The molecule has 2 aliphatic rings. The highest BCUT2D eigenvalue weighted by Gasteiger charge is 2.51. The average molecular weight is 320 g/mol. The largest absolute Gasteiger partial charge is 0.478 e. The molecule has 124 valence electrons. The van der Waals surface area contributed by atoms with E-state index in [9.17, 15) is 9.59 Å². The number of piperidine rings is 1. The highest BCUT2D eigenvalue weighted by Crippen LogP contribution is 2.49. The van der Waals surface area contributed by atoms with Crippen LogP contribution in [0.15, 0.2) is 30.9 Å². The summed E-state index contributed by atoms with van der Waals surface area (Å²) in [7, 11) is 2.02. The first-order valence-corrected chi connectivity index (χ1v) is 7.34. The van der Waals surface area contributed by atoms with Crippen LogP contribution in [-0.4, -0.2) is 57.8 Å². The number of carbonyl (C=O) groups is 2. The normalized spacial score (nSPS) is 24.7. The minimum Gasteiger partial charge on any atom is -0.478 e. The van der Waals surface area contributed by atoms with E-state index in [4.69, 9.17) is 10.2 Å². The fraction of sp³-hybridized carbons (Fsp3) is 0.467. The van der Waals surface area contributed by atoms with E-state index in [0.717, 1.165) is 18.5 Å². The second kappa shape index (κ2) is 7.68. The maximum atomic E-state index is 9.55. The number of likely N-dealkylation sites (N-methyl/N-ethyl adjacent to an activating group) is 1. The zero-order valence-electron chi connectivity index (χ0n) is 12.8. The second-order valence-corrected chi connectivity index (χ2v) is 5.52. The van der Waals surface area contributed by atoms with Gasteiger partial charge in [0.2, 0.25) is 0 Å². The Morgan fingerprint density at radius 2 is 1.87 bits per heavy atom. The van der Waals surface area contributed by atoms with Crippen molar-refractivity contribution in [1.29, 1.82) is 0 Å². The third-order valence-electron chi connectivity index (χ3n) is 3.86. The Hall–Kier alpha value is -2.48. The molecule has 3 N–H and O–H groups in total. The van der Waals surface area contributed by atoms with Gasteiger partial charge >= 0.3 is 11.9 Å². The molecule has 8 heteroatoms. The van der Waals surface area contributed by atoms with Gasteiger partial charge in [-0.1, -0.05) is 0 Å². The summed E-state index contributed by atoms with van der Waals surface area (Å²) in [5, 5.41) is 18.9. The van der Waals surface area contributed by atoms with Crippen LogP contribution in [0, 0.1) is 5.92 Å². The van der Waals surface area contributed by atoms with Crippen LogP contribution in [0.2, 0.25) is 0 Å². The number of anilines is 1. The van der Waals surface area contributed by atoms with Gasteiger partial charge in [0.1, 0.15) is 6.33 Å². The van der Waals surface area contributed by atoms with Crippen LogP contribution in [0.5, 0.6) is 0 Å². The van der Waals surface area contributed by atoms with Crippen molar-refractivity contribution in [1.82, 2.24) is 15.3 Å². The fourth-order valence-corrected chi connectivity index (χ4v) is 2.95. The van der Waals surface area contributed by atoms with E-state index in [-0.39, 0.29) is 0 Å². The Labute approximate surface area is 133 Å². The zero-order valence-corrected chi connectivity index (χ0v) is 12.8. The summed E-state index contributed by atoms with van der Waals surface area (Å²) in [5.74, 6) is -1.59. The number of nitrogens with zero attached hydrogens (tertiary/aromatic N) is 3. The van der Waals surface area contributed by atoms with Crippen molar-refractivity contribution in [3.8, 4) is 0 Å². The molecule has 8 nitrogen and oxygen atoms in total. The minimum absolute atomic E-state index is 0.558. The summed E-state index contributed by atoms with van der Waals surface area (Å²) in [6.45, 7) is 1.06. The molecular formula is C15H20N4O4. The lowest BCUT2D eigenvalue weighted by atomic mass is 10.1. The molecule has 1 aromatic rings. The first kappa shape index (κ1) is 16.9. The first-order chi connectivity index (χ1) is 11.0. The van der Waals surface area contributed by atoms with Gasteiger partial charge in [0.05, 0.1) is 18.1 Å². The van der Waals surface area contributed by atoms with Gasteiger partial charge in [-0.15, -0.1) is 0 Å². The molecule has 0 spiro atoms. The Morgan fingerprint density at radius 1 is 1.26 bits per heavy atom. The maximum Gasteiger partial charge on any atom is 0.328 e. The van der Waals surface area contributed by atoms with Crippen molar-refractivity contribution >= 4 is 17.6 Å². The van der Waals surface area contributed by atoms with E-state index < -0.39 is 11.9 Å². The maximum absolute atomic E-state index is 9.55. The predicted molar refractivity (Wildman–Crippen MR) is 83.1 cm³/mol. The van der Waals surface area contributed by atoms with Gasteiger partial charge in [0, 0.05) is 30.8 Å². The number of aliphatic carboxylic acids is 2. The van der Waals surface area contributed by atoms with Gasteiger partial charge in [-0.2, -0.15) is 0 Å². The number of aromatic nitrogens is 2. The quantitative estimate of drug-likeness (QED) is 0.667. The molecule has 0 amide bonds. The van der Waals surface area contributed by atoms with E-state index >= 15 is 0 Å². The highest BCUT2D eigenvalue weighted by molar-refractivity contribution is 5.89. The second-order valence-electron chi connectivity index (χ2n) is 5.52. The molecule has 0 radical (unpaired) electrons.